The van der Waals surface area contributed by atoms with Crippen molar-refractivity contribution < 1.29 is 0 Å². The Labute approximate surface area is 115 Å². The molecule has 0 amide bonds. The fourth-order valence-electron chi connectivity index (χ4n) is 2.11. The molecular formula is C15H26N2S. The van der Waals surface area contributed by atoms with Crippen LogP contribution >= 0.6 is 11.3 Å². The lowest BCUT2D eigenvalue weighted by Gasteiger charge is -2.05. The Kier molecular flexibility index (Phi) is 4.44. The highest BCUT2D eigenvalue weighted by Crippen LogP contribution is 2.49. The predicted molar refractivity (Wildman–Crippen MR) is 79.2 cm³/mol. The fourth-order valence-corrected chi connectivity index (χ4v) is 3.37. The van der Waals surface area contributed by atoms with Crippen molar-refractivity contribution in [2.75, 3.05) is 6.54 Å². The molecule has 2 nitrogen and oxygen atoms in total. The van der Waals surface area contributed by atoms with E-state index >= 15 is 0 Å². The molecule has 2 rings (SSSR count). The van der Waals surface area contributed by atoms with Gasteiger partial charge in [0.15, 0.2) is 0 Å². The van der Waals surface area contributed by atoms with Gasteiger partial charge in [0, 0.05) is 16.8 Å². The molecule has 0 aromatic carbocycles. The maximum absolute atomic E-state index is 4.94. The van der Waals surface area contributed by atoms with Gasteiger partial charge in [-0.15, -0.1) is 11.3 Å². The standard InChI is InChI=1S/C15H26N2S/c1-5-8-16-10-13-12(9-11(2)3)17-14(18-13)15(4)6-7-15/h11,16H,5-10H2,1-4H3. The first-order valence-electron chi connectivity index (χ1n) is 7.25. The highest BCUT2D eigenvalue weighted by atomic mass is 32.1. The van der Waals surface area contributed by atoms with Crippen LogP contribution in [-0.4, -0.2) is 11.5 Å². The van der Waals surface area contributed by atoms with Crippen molar-refractivity contribution in [1.29, 1.82) is 0 Å². The number of thiazole rings is 1. The van der Waals surface area contributed by atoms with Gasteiger partial charge in [-0.1, -0.05) is 27.7 Å². The van der Waals surface area contributed by atoms with Crippen LogP contribution in [0.25, 0.3) is 0 Å². The molecule has 1 aliphatic carbocycles. The van der Waals surface area contributed by atoms with Crippen molar-refractivity contribution in [3.8, 4) is 0 Å². The van der Waals surface area contributed by atoms with E-state index in [2.05, 4.69) is 33.0 Å². The molecule has 0 bridgehead atoms. The molecule has 1 heterocycles. The molecule has 0 aliphatic heterocycles. The third-order valence-corrected chi connectivity index (χ3v) is 5.01. The van der Waals surface area contributed by atoms with E-state index < -0.39 is 0 Å². The molecule has 1 aromatic heterocycles. The zero-order chi connectivity index (χ0) is 13.2. The van der Waals surface area contributed by atoms with Crippen molar-refractivity contribution in [3.63, 3.8) is 0 Å². The van der Waals surface area contributed by atoms with Crippen molar-refractivity contribution in [3.05, 3.63) is 15.6 Å². The molecule has 0 radical (unpaired) electrons. The molecule has 18 heavy (non-hydrogen) atoms. The van der Waals surface area contributed by atoms with Crippen LogP contribution in [0.3, 0.4) is 0 Å². The molecule has 102 valence electrons. The maximum atomic E-state index is 4.94. The summed E-state index contributed by atoms with van der Waals surface area (Å²) in [6.45, 7) is 11.2. The zero-order valence-electron chi connectivity index (χ0n) is 12.2. The lowest BCUT2D eigenvalue weighted by Crippen LogP contribution is -2.14. The Morgan fingerprint density at radius 1 is 1.39 bits per heavy atom. The van der Waals surface area contributed by atoms with Crippen LogP contribution in [0.1, 0.15) is 62.5 Å². The van der Waals surface area contributed by atoms with E-state index in [4.69, 9.17) is 4.98 Å². The lowest BCUT2D eigenvalue weighted by molar-refractivity contribution is 0.619. The summed E-state index contributed by atoms with van der Waals surface area (Å²) in [5.41, 5.74) is 1.76. The average molecular weight is 266 g/mol. The predicted octanol–water partition coefficient (Wildman–Crippen LogP) is 3.89. The summed E-state index contributed by atoms with van der Waals surface area (Å²) in [4.78, 5) is 6.41. The quantitative estimate of drug-likeness (QED) is 0.757. The number of hydrogen-bond donors (Lipinski definition) is 1. The van der Waals surface area contributed by atoms with Crippen LogP contribution in [0.4, 0.5) is 0 Å². The van der Waals surface area contributed by atoms with E-state index in [-0.39, 0.29) is 0 Å². The summed E-state index contributed by atoms with van der Waals surface area (Å²) >= 11 is 1.95. The summed E-state index contributed by atoms with van der Waals surface area (Å²) in [6.07, 6.45) is 4.96. The lowest BCUT2D eigenvalue weighted by atomic mass is 10.1. The van der Waals surface area contributed by atoms with Gasteiger partial charge < -0.3 is 5.32 Å². The molecule has 0 atom stereocenters. The molecule has 1 saturated carbocycles. The molecule has 1 fully saturated rings. The highest BCUT2D eigenvalue weighted by molar-refractivity contribution is 7.12. The van der Waals surface area contributed by atoms with E-state index in [0.717, 1.165) is 19.5 Å². The largest absolute Gasteiger partial charge is 0.312 e. The summed E-state index contributed by atoms with van der Waals surface area (Å²) < 4.78 is 0. The van der Waals surface area contributed by atoms with Crippen molar-refractivity contribution in [2.24, 2.45) is 5.92 Å². The summed E-state index contributed by atoms with van der Waals surface area (Å²) in [5.74, 6) is 0.692. The molecule has 1 aromatic rings. The van der Waals surface area contributed by atoms with E-state index in [1.165, 1.54) is 34.8 Å². The van der Waals surface area contributed by atoms with Crippen LogP contribution in [0.5, 0.6) is 0 Å². The van der Waals surface area contributed by atoms with Gasteiger partial charge in [0.05, 0.1) is 10.7 Å². The molecule has 0 unspecified atom stereocenters. The van der Waals surface area contributed by atoms with Crippen LogP contribution in [0.2, 0.25) is 0 Å². The van der Waals surface area contributed by atoms with E-state index in [1.54, 1.807) is 0 Å². The van der Waals surface area contributed by atoms with Crippen molar-refractivity contribution in [1.82, 2.24) is 10.3 Å². The zero-order valence-corrected chi connectivity index (χ0v) is 13.0. The van der Waals surface area contributed by atoms with Gasteiger partial charge in [0.2, 0.25) is 0 Å². The minimum atomic E-state index is 0.416. The average Bonchev–Trinajstić information content (AvgIpc) is 2.92. The van der Waals surface area contributed by atoms with Crippen molar-refractivity contribution >= 4 is 11.3 Å². The van der Waals surface area contributed by atoms with Gasteiger partial charge in [0.25, 0.3) is 0 Å². The topological polar surface area (TPSA) is 24.9 Å². The first-order chi connectivity index (χ1) is 8.55. The molecular weight excluding hydrogens is 240 g/mol. The molecule has 1 aliphatic rings. The number of rotatable bonds is 7. The third kappa shape index (κ3) is 3.33. The van der Waals surface area contributed by atoms with Crippen LogP contribution in [0.15, 0.2) is 0 Å². The minimum absolute atomic E-state index is 0.416. The van der Waals surface area contributed by atoms with E-state index in [0.29, 0.717) is 11.3 Å². The van der Waals surface area contributed by atoms with Gasteiger partial charge in [-0.05, 0) is 38.1 Å². The number of aromatic nitrogens is 1. The summed E-state index contributed by atoms with van der Waals surface area (Å²) in [6, 6.07) is 0. The van der Waals surface area contributed by atoms with Gasteiger partial charge >= 0.3 is 0 Å². The monoisotopic (exact) mass is 266 g/mol. The Bertz CT molecular complexity index is 391. The first kappa shape index (κ1) is 14.0. The molecule has 3 heteroatoms. The normalized spacial score (nSPS) is 17.4. The van der Waals surface area contributed by atoms with Crippen LogP contribution < -0.4 is 5.32 Å². The number of nitrogens with zero attached hydrogens (tertiary/aromatic N) is 1. The molecule has 1 N–H and O–H groups in total. The maximum Gasteiger partial charge on any atom is 0.0990 e. The molecule has 0 spiro atoms. The summed E-state index contributed by atoms with van der Waals surface area (Å²) in [7, 11) is 0. The van der Waals surface area contributed by atoms with Crippen molar-refractivity contribution in [2.45, 2.75) is 65.3 Å². The van der Waals surface area contributed by atoms with Crippen LogP contribution in [-0.2, 0) is 18.4 Å². The Hall–Kier alpha value is -0.410. The second-order valence-corrected chi connectivity index (χ2v) is 7.31. The van der Waals surface area contributed by atoms with E-state index in [9.17, 15) is 0 Å². The summed E-state index contributed by atoms with van der Waals surface area (Å²) in [5, 5.41) is 4.90. The number of nitrogens with one attached hydrogen (secondary N) is 1. The molecule has 0 saturated heterocycles. The van der Waals surface area contributed by atoms with Gasteiger partial charge in [0.1, 0.15) is 0 Å². The second kappa shape index (κ2) is 5.70. The SMILES string of the molecule is CCCNCc1sc(C2(C)CC2)nc1CC(C)C. The first-order valence-corrected chi connectivity index (χ1v) is 8.06. The number of hydrogen-bond acceptors (Lipinski definition) is 3. The fraction of sp³-hybridized carbons (Fsp3) is 0.800. The Morgan fingerprint density at radius 3 is 2.67 bits per heavy atom. The smallest absolute Gasteiger partial charge is 0.0990 e. The Morgan fingerprint density at radius 2 is 2.11 bits per heavy atom. The van der Waals surface area contributed by atoms with Gasteiger partial charge in [-0.25, -0.2) is 4.98 Å². The highest BCUT2D eigenvalue weighted by Gasteiger charge is 2.42. The van der Waals surface area contributed by atoms with E-state index in [1.807, 2.05) is 11.3 Å². The Balaban J connectivity index is 2.11. The van der Waals surface area contributed by atoms with Gasteiger partial charge in [-0.3, -0.25) is 0 Å². The third-order valence-electron chi connectivity index (χ3n) is 3.61. The van der Waals surface area contributed by atoms with Gasteiger partial charge in [-0.2, -0.15) is 0 Å². The minimum Gasteiger partial charge on any atom is -0.312 e. The van der Waals surface area contributed by atoms with Crippen LogP contribution in [0, 0.1) is 5.92 Å². The second-order valence-electron chi connectivity index (χ2n) is 6.22.